The number of rotatable bonds is 7. The smallest absolute Gasteiger partial charge is 0.315 e. The Bertz CT molecular complexity index is 573. The number of hydrogen-bond donors (Lipinski definition) is 2. The third-order valence-corrected chi connectivity index (χ3v) is 4.04. The Labute approximate surface area is 120 Å². The lowest BCUT2D eigenvalue weighted by Crippen LogP contribution is -2.32. The van der Waals surface area contributed by atoms with E-state index in [0.29, 0.717) is 25.2 Å². The van der Waals surface area contributed by atoms with Gasteiger partial charge in [-0.2, -0.15) is 13.2 Å². The highest BCUT2D eigenvalue weighted by Gasteiger charge is 2.32. The monoisotopic (exact) mass is 328 g/mol. The molecule has 4 nitrogen and oxygen atoms in total. The average Bonchev–Trinajstić information content (AvgIpc) is 2.37. The first-order valence-corrected chi connectivity index (χ1v) is 7.74. The molecule has 1 aromatic carbocycles. The fourth-order valence-electron chi connectivity index (χ4n) is 1.54. The highest BCUT2D eigenvalue weighted by molar-refractivity contribution is 7.89. The third-order valence-electron chi connectivity index (χ3n) is 2.57. The average molecular weight is 328 g/mol. The Morgan fingerprint density at radius 3 is 2.38 bits per heavy atom. The van der Waals surface area contributed by atoms with Crippen molar-refractivity contribution in [3.05, 3.63) is 29.6 Å². The second-order valence-electron chi connectivity index (χ2n) is 4.29. The maximum absolute atomic E-state index is 13.5. The molecule has 9 heteroatoms. The van der Waals surface area contributed by atoms with E-state index in [4.69, 9.17) is 0 Å². The summed E-state index contributed by atoms with van der Waals surface area (Å²) in [5.74, 6) is -1.22. The third kappa shape index (κ3) is 5.25. The SMILES string of the molecule is CCCNCCNS(=O)(=O)c1cc(C(F)(F)F)ccc1F. The summed E-state index contributed by atoms with van der Waals surface area (Å²) in [4.78, 5) is -1.01. The standard InChI is InChI=1S/C12H16F4N2O2S/c1-2-5-17-6-7-18-21(19,20)11-8-9(12(14,15)16)3-4-10(11)13/h3-4,8,17-18H,2,5-7H2,1H3. The highest BCUT2D eigenvalue weighted by atomic mass is 32.2. The van der Waals surface area contributed by atoms with Gasteiger partial charge in [0, 0.05) is 13.1 Å². The van der Waals surface area contributed by atoms with Crippen LogP contribution < -0.4 is 10.0 Å². The van der Waals surface area contributed by atoms with Crippen molar-refractivity contribution in [3.8, 4) is 0 Å². The van der Waals surface area contributed by atoms with Crippen molar-refractivity contribution in [3.63, 3.8) is 0 Å². The van der Waals surface area contributed by atoms with Crippen molar-refractivity contribution in [2.75, 3.05) is 19.6 Å². The zero-order chi connectivity index (χ0) is 16.1. The molecule has 0 saturated carbocycles. The van der Waals surface area contributed by atoms with Crippen LogP contribution in [0.5, 0.6) is 0 Å². The van der Waals surface area contributed by atoms with Crippen molar-refractivity contribution < 1.29 is 26.0 Å². The van der Waals surface area contributed by atoms with Gasteiger partial charge in [-0.1, -0.05) is 6.92 Å². The zero-order valence-corrected chi connectivity index (χ0v) is 12.1. The molecule has 0 unspecified atom stereocenters. The van der Waals surface area contributed by atoms with Crippen molar-refractivity contribution >= 4 is 10.0 Å². The van der Waals surface area contributed by atoms with E-state index in [0.717, 1.165) is 6.42 Å². The topological polar surface area (TPSA) is 58.2 Å². The van der Waals surface area contributed by atoms with E-state index in [9.17, 15) is 26.0 Å². The van der Waals surface area contributed by atoms with Crippen LogP contribution in [0.15, 0.2) is 23.1 Å². The molecule has 0 atom stereocenters. The number of hydrogen-bond acceptors (Lipinski definition) is 3. The van der Waals surface area contributed by atoms with Crippen LogP contribution >= 0.6 is 0 Å². The minimum absolute atomic E-state index is 0.0436. The minimum Gasteiger partial charge on any atom is -0.315 e. The van der Waals surface area contributed by atoms with Crippen LogP contribution in [0, 0.1) is 5.82 Å². The van der Waals surface area contributed by atoms with E-state index in [-0.39, 0.29) is 12.6 Å². The molecule has 0 bridgehead atoms. The van der Waals surface area contributed by atoms with Gasteiger partial charge in [-0.15, -0.1) is 0 Å². The first kappa shape index (κ1) is 17.9. The summed E-state index contributed by atoms with van der Waals surface area (Å²) in [7, 11) is -4.33. The van der Waals surface area contributed by atoms with Gasteiger partial charge in [-0.3, -0.25) is 0 Å². The van der Waals surface area contributed by atoms with Gasteiger partial charge in [-0.25, -0.2) is 17.5 Å². The predicted molar refractivity (Wildman–Crippen MR) is 69.8 cm³/mol. The molecule has 0 aromatic heterocycles. The Kier molecular flexibility index (Phi) is 6.11. The molecule has 0 aliphatic carbocycles. The van der Waals surface area contributed by atoms with E-state index < -0.39 is 32.5 Å². The molecule has 1 aromatic rings. The number of sulfonamides is 1. The van der Waals surface area contributed by atoms with E-state index in [2.05, 4.69) is 10.0 Å². The number of alkyl halides is 3. The van der Waals surface area contributed by atoms with E-state index in [1.165, 1.54) is 0 Å². The van der Waals surface area contributed by atoms with Gasteiger partial charge in [0.25, 0.3) is 0 Å². The predicted octanol–water partition coefficient (Wildman–Crippen LogP) is 2.12. The largest absolute Gasteiger partial charge is 0.416 e. The highest BCUT2D eigenvalue weighted by Crippen LogP contribution is 2.31. The van der Waals surface area contributed by atoms with E-state index in [1.54, 1.807) is 0 Å². The fourth-order valence-corrected chi connectivity index (χ4v) is 2.67. The number of halogens is 4. The molecule has 0 amide bonds. The summed E-state index contributed by atoms with van der Waals surface area (Å²) in [6, 6.07) is 1.28. The molecule has 0 fully saturated rings. The summed E-state index contributed by atoms with van der Waals surface area (Å²) in [5, 5.41) is 2.91. The van der Waals surface area contributed by atoms with Gasteiger partial charge in [-0.05, 0) is 31.2 Å². The molecule has 0 aliphatic heterocycles. The molecule has 0 saturated heterocycles. The van der Waals surface area contributed by atoms with Gasteiger partial charge >= 0.3 is 6.18 Å². The molecule has 0 heterocycles. The van der Waals surface area contributed by atoms with Crippen molar-refractivity contribution in [1.29, 1.82) is 0 Å². The Balaban J connectivity index is 2.87. The van der Waals surface area contributed by atoms with Crippen LogP contribution in [0.4, 0.5) is 17.6 Å². The van der Waals surface area contributed by atoms with Crippen LogP contribution in [0.1, 0.15) is 18.9 Å². The lowest BCUT2D eigenvalue weighted by Gasteiger charge is -2.11. The molecule has 0 spiro atoms. The summed E-state index contributed by atoms with van der Waals surface area (Å²) in [5.41, 5.74) is -1.21. The Morgan fingerprint density at radius 2 is 1.81 bits per heavy atom. The molecular weight excluding hydrogens is 312 g/mol. The van der Waals surface area contributed by atoms with Gasteiger partial charge in [0.1, 0.15) is 10.7 Å². The van der Waals surface area contributed by atoms with Crippen LogP contribution in [0.3, 0.4) is 0 Å². The summed E-state index contributed by atoms with van der Waals surface area (Å²) in [6.45, 7) is 2.86. The first-order valence-electron chi connectivity index (χ1n) is 6.25. The molecule has 1 rings (SSSR count). The van der Waals surface area contributed by atoms with Crippen molar-refractivity contribution in [1.82, 2.24) is 10.0 Å². The van der Waals surface area contributed by atoms with E-state index in [1.807, 2.05) is 6.92 Å². The van der Waals surface area contributed by atoms with E-state index >= 15 is 0 Å². The van der Waals surface area contributed by atoms with Gasteiger partial charge in [0.15, 0.2) is 0 Å². The Morgan fingerprint density at radius 1 is 1.14 bits per heavy atom. The minimum atomic E-state index is -4.74. The van der Waals surface area contributed by atoms with Crippen LogP contribution in [0.25, 0.3) is 0 Å². The lowest BCUT2D eigenvalue weighted by molar-refractivity contribution is -0.137. The van der Waals surface area contributed by atoms with Gasteiger partial charge in [0.2, 0.25) is 10.0 Å². The zero-order valence-electron chi connectivity index (χ0n) is 11.3. The lowest BCUT2D eigenvalue weighted by atomic mass is 10.2. The second kappa shape index (κ2) is 7.19. The quantitative estimate of drug-likeness (QED) is 0.595. The fraction of sp³-hybridized carbons (Fsp3) is 0.500. The summed E-state index contributed by atoms with van der Waals surface area (Å²) < 4.78 is 76.8. The number of nitrogens with one attached hydrogen (secondary N) is 2. The van der Waals surface area contributed by atoms with Crippen LogP contribution in [0.2, 0.25) is 0 Å². The second-order valence-corrected chi connectivity index (χ2v) is 6.03. The first-order chi connectivity index (χ1) is 9.68. The maximum Gasteiger partial charge on any atom is 0.416 e. The molecule has 21 heavy (non-hydrogen) atoms. The maximum atomic E-state index is 13.5. The van der Waals surface area contributed by atoms with Crippen LogP contribution in [-0.2, 0) is 16.2 Å². The molecule has 120 valence electrons. The summed E-state index contributed by atoms with van der Waals surface area (Å²) in [6.07, 6.45) is -3.88. The van der Waals surface area contributed by atoms with Crippen LogP contribution in [-0.4, -0.2) is 28.1 Å². The summed E-state index contributed by atoms with van der Waals surface area (Å²) >= 11 is 0. The van der Waals surface area contributed by atoms with Crippen molar-refractivity contribution in [2.24, 2.45) is 0 Å². The van der Waals surface area contributed by atoms with Gasteiger partial charge in [0.05, 0.1) is 5.56 Å². The normalized spacial score (nSPS) is 12.6. The Hall–Kier alpha value is -1.19. The number of benzene rings is 1. The van der Waals surface area contributed by atoms with Gasteiger partial charge < -0.3 is 5.32 Å². The molecule has 0 aliphatic rings. The molecular formula is C12H16F4N2O2S. The molecule has 0 radical (unpaired) electrons. The van der Waals surface area contributed by atoms with Crippen molar-refractivity contribution in [2.45, 2.75) is 24.4 Å². The molecule has 2 N–H and O–H groups in total.